The molecule has 1 aromatic heterocycles. The van der Waals surface area contributed by atoms with E-state index in [2.05, 4.69) is 10.4 Å². The van der Waals surface area contributed by atoms with Crippen molar-refractivity contribution in [1.29, 1.82) is 0 Å². The molecule has 0 saturated carbocycles. The fraction of sp³-hybridized carbons (Fsp3) is 0.333. The molecule has 4 nitrogen and oxygen atoms in total. The predicted octanol–water partition coefficient (Wildman–Crippen LogP) is 2.70. The summed E-state index contributed by atoms with van der Waals surface area (Å²) >= 11 is 0. The Balaban J connectivity index is 2.13. The fourth-order valence-corrected chi connectivity index (χ4v) is 2.15. The predicted molar refractivity (Wildman–Crippen MR) is 75.0 cm³/mol. The number of nitrogens with zero attached hydrogens (tertiary/aromatic N) is 2. The van der Waals surface area contributed by atoms with Crippen LogP contribution in [-0.4, -0.2) is 15.7 Å². The number of carbonyl (C=O) groups excluding carboxylic acids is 1. The van der Waals surface area contributed by atoms with Crippen LogP contribution in [0.5, 0.6) is 0 Å². The number of aromatic nitrogens is 2. The number of amides is 1. The maximum absolute atomic E-state index is 12.2. The van der Waals surface area contributed by atoms with Crippen molar-refractivity contribution in [2.45, 2.75) is 33.4 Å². The van der Waals surface area contributed by atoms with E-state index in [1.165, 1.54) is 0 Å². The van der Waals surface area contributed by atoms with Gasteiger partial charge in [0.2, 0.25) is 0 Å². The highest BCUT2D eigenvalue weighted by Crippen LogP contribution is 2.14. The van der Waals surface area contributed by atoms with Crippen molar-refractivity contribution in [1.82, 2.24) is 15.1 Å². The van der Waals surface area contributed by atoms with Gasteiger partial charge in [0.15, 0.2) is 0 Å². The van der Waals surface area contributed by atoms with Crippen LogP contribution in [0.1, 0.15) is 41.5 Å². The molecular formula is C15H19N3O. The van der Waals surface area contributed by atoms with Crippen molar-refractivity contribution < 1.29 is 4.79 Å². The minimum atomic E-state index is -0.0606. The van der Waals surface area contributed by atoms with Crippen molar-refractivity contribution in [3.63, 3.8) is 0 Å². The molecule has 2 rings (SSSR count). The lowest BCUT2D eigenvalue weighted by atomic mass is 10.1. The summed E-state index contributed by atoms with van der Waals surface area (Å²) in [6.45, 7) is 6.74. The summed E-state index contributed by atoms with van der Waals surface area (Å²) in [4.78, 5) is 12.2. The average Bonchev–Trinajstić information content (AvgIpc) is 2.87. The molecule has 0 spiro atoms. The van der Waals surface area contributed by atoms with Crippen molar-refractivity contribution in [3.05, 3.63) is 53.3 Å². The summed E-state index contributed by atoms with van der Waals surface area (Å²) in [5, 5.41) is 7.23. The minimum absolute atomic E-state index is 0.0468. The van der Waals surface area contributed by atoms with E-state index >= 15 is 0 Å². The van der Waals surface area contributed by atoms with Crippen molar-refractivity contribution in [2.75, 3.05) is 0 Å². The molecule has 0 aliphatic rings. The molecule has 2 aromatic rings. The number of aryl methyl sites for hydroxylation is 2. The second-order valence-electron chi connectivity index (χ2n) is 4.58. The first-order valence-electron chi connectivity index (χ1n) is 6.51. The highest BCUT2D eigenvalue weighted by molar-refractivity contribution is 5.95. The van der Waals surface area contributed by atoms with Crippen LogP contribution < -0.4 is 5.32 Å². The zero-order valence-electron chi connectivity index (χ0n) is 11.6. The lowest BCUT2D eigenvalue weighted by Crippen LogP contribution is -2.28. The molecule has 1 aromatic carbocycles. The number of rotatable bonds is 4. The van der Waals surface area contributed by atoms with Crippen LogP contribution in [-0.2, 0) is 6.54 Å². The van der Waals surface area contributed by atoms with E-state index in [-0.39, 0.29) is 11.9 Å². The molecule has 4 heteroatoms. The van der Waals surface area contributed by atoms with E-state index in [1.54, 1.807) is 6.20 Å². The van der Waals surface area contributed by atoms with Gasteiger partial charge in [-0.05, 0) is 38.5 Å². The van der Waals surface area contributed by atoms with Crippen LogP contribution in [0.15, 0.2) is 36.5 Å². The second-order valence-corrected chi connectivity index (χ2v) is 4.58. The topological polar surface area (TPSA) is 46.9 Å². The number of hydrogen-bond donors (Lipinski definition) is 1. The quantitative estimate of drug-likeness (QED) is 0.915. The minimum Gasteiger partial charge on any atom is -0.344 e. The summed E-state index contributed by atoms with van der Waals surface area (Å²) in [6.07, 6.45) is 1.76. The Labute approximate surface area is 113 Å². The molecule has 1 amide bonds. The fourth-order valence-electron chi connectivity index (χ4n) is 2.15. The third-order valence-corrected chi connectivity index (χ3v) is 3.23. The Morgan fingerprint density at radius 2 is 2.11 bits per heavy atom. The first-order chi connectivity index (χ1) is 9.13. The zero-order valence-corrected chi connectivity index (χ0v) is 11.6. The normalized spacial score (nSPS) is 12.2. The first-order valence-corrected chi connectivity index (χ1v) is 6.51. The molecule has 1 N–H and O–H groups in total. The molecule has 1 unspecified atom stereocenters. The Morgan fingerprint density at radius 1 is 1.37 bits per heavy atom. The van der Waals surface area contributed by atoms with Gasteiger partial charge in [-0.15, -0.1) is 0 Å². The van der Waals surface area contributed by atoms with Gasteiger partial charge in [-0.3, -0.25) is 9.48 Å². The van der Waals surface area contributed by atoms with Crippen LogP contribution >= 0.6 is 0 Å². The summed E-state index contributed by atoms with van der Waals surface area (Å²) in [6, 6.07) is 9.47. The van der Waals surface area contributed by atoms with E-state index < -0.39 is 0 Å². The largest absolute Gasteiger partial charge is 0.344 e. The molecular weight excluding hydrogens is 238 g/mol. The standard InChI is InChI=1S/C15H19N3O/c1-4-18-14(9-10-16-18)12(3)17-15(19)13-8-6-5-7-11(13)2/h5-10,12H,4H2,1-3H3,(H,17,19). The van der Waals surface area contributed by atoms with Crippen molar-refractivity contribution in [3.8, 4) is 0 Å². The van der Waals surface area contributed by atoms with Crippen LogP contribution in [0.4, 0.5) is 0 Å². The highest BCUT2D eigenvalue weighted by atomic mass is 16.1. The Morgan fingerprint density at radius 3 is 2.79 bits per heavy atom. The lowest BCUT2D eigenvalue weighted by molar-refractivity contribution is 0.0937. The van der Waals surface area contributed by atoms with E-state index in [4.69, 9.17) is 0 Å². The van der Waals surface area contributed by atoms with Gasteiger partial charge in [0.05, 0.1) is 11.7 Å². The smallest absolute Gasteiger partial charge is 0.252 e. The van der Waals surface area contributed by atoms with Crippen LogP contribution in [0.25, 0.3) is 0 Å². The van der Waals surface area contributed by atoms with Crippen LogP contribution in [0, 0.1) is 6.92 Å². The van der Waals surface area contributed by atoms with Gasteiger partial charge in [0, 0.05) is 18.3 Å². The van der Waals surface area contributed by atoms with E-state index in [0.29, 0.717) is 0 Å². The maximum Gasteiger partial charge on any atom is 0.252 e. The molecule has 0 aliphatic carbocycles. The van der Waals surface area contributed by atoms with Gasteiger partial charge >= 0.3 is 0 Å². The molecule has 1 atom stereocenters. The summed E-state index contributed by atoms with van der Waals surface area (Å²) in [5.74, 6) is -0.0468. The molecule has 0 saturated heterocycles. The van der Waals surface area contributed by atoms with Gasteiger partial charge in [0.1, 0.15) is 0 Å². The zero-order chi connectivity index (χ0) is 13.8. The van der Waals surface area contributed by atoms with Crippen molar-refractivity contribution in [2.24, 2.45) is 0 Å². The maximum atomic E-state index is 12.2. The number of hydrogen-bond acceptors (Lipinski definition) is 2. The second kappa shape index (κ2) is 5.69. The summed E-state index contributed by atoms with van der Waals surface area (Å²) in [7, 11) is 0. The van der Waals surface area contributed by atoms with Gasteiger partial charge < -0.3 is 5.32 Å². The average molecular weight is 257 g/mol. The molecule has 0 fully saturated rings. The number of carbonyl (C=O) groups is 1. The monoisotopic (exact) mass is 257 g/mol. The molecule has 0 bridgehead atoms. The van der Waals surface area contributed by atoms with E-state index in [0.717, 1.165) is 23.4 Å². The van der Waals surface area contributed by atoms with Gasteiger partial charge in [-0.1, -0.05) is 18.2 Å². The first kappa shape index (κ1) is 13.3. The van der Waals surface area contributed by atoms with Crippen molar-refractivity contribution >= 4 is 5.91 Å². The van der Waals surface area contributed by atoms with Gasteiger partial charge in [0.25, 0.3) is 5.91 Å². The van der Waals surface area contributed by atoms with Crippen LogP contribution in [0.2, 0.25) is 0 Å². The highest BCUT2D eigenvalue weighted by Gasteiger charge is 2.15. The molecule has 100 valence electrons. The summed E-state index contributed by atoms with van der Waals surface area (Å²) < 4.78 is 1.89. The Kier molecular flexibility index (Phi) is 4.00. The Hall–Kier alpha value is -2.10. The van der Waals surface area contributed by atoms with Crippen LogP contribution in [0.3, 0.4) is 0 Å². The summed E-state index contributed by atoms with van der Waals surface area (Å²) in [5.41, 5.74) is 2.72. The van der Waals surface area contributed by atoms with E-state index in [9.17, 15) is 4.79 Å². The van der Waals surface area contributed by atoms with Gasteiger partial charge in [-0.2, -0.15) is 5.10 Å². The molecule has 0 aliphatic heterocycles. The van der Waals surface area contributed by atoms with E-state index in [1.807, 2.05) is 55.8 Å². The number of benzene rings is 1. The third-order valence-electron chi connectivity index (χ3n) is 3.23. The molecule has 0 radical (unpaired) electrons. The Bertz CT molecular complexity index is 574. The number of nitrogens with one attached hydrogen (secondary N) is 1. The molecule has 1 heterocycles. The lowest BCUT2D eigenvalue weighted by Gasteiger charge is -2.16. The third kappa shape index (κ3) is 2.84. The van der Waals surface area contributed by atoms with Gasteiger partial charge in [-0.25, -0.2) is 0 Å². The molecule has 19 heavy (non-hydrogen) atoms. The SMILES string of the molecule is CCn1nccc1C(C)NC(=O)c1ccccc1C.